The van der Waals surface area contributed by atoms with Gasteiger partial charge in [-0.15, -0.1) is 0 Å². The highest BCUT2D eigenvalue weighted by Crippen LogP contribution is 2.30. The first-order chi connectivity index (χ1) is 8.70. The summed E-state index contributed by atoms with van der Waals surface area (Å²) >= 11 is 1.31. The highest BCUT2D eigenvalue weighted by atomic mass is 32.2. The van der Waals surface area contributed by atoms with Crippen molar-refractivity contribution in [2.24, 2.45) is 0 Å². The molecule has 0 fully saturated rings. The molecule has 1 heterocycles. The fraction of sp³-hybridized carbons (Fsp3) is 0. The number of hydrogen-bond donors (Lipinski definition) is 0. The van der Waals surface area contributed by atoms with Gasteiger partial charge in [-0.1, -0.05) is 17.8 Å². The third kappa shape index (κ3) is 2.64. The lowest BCUT2D eigenvalue weighted by atomic mass is 10.2. The zero-order chi connectivity index (χ0) is 13.0. The molecule has 18 heavy (non-hydrogen) atoms. The quantitative estimate of drug-likeness (QED) is 0.623. The summed E-state index contributed by atoms with van der Waals surface area (Å²) in [6.07, 6.45) is 1.65. The van der Waals surface area contributed by atoms with Gasteiger partial charge in [0.05, 0.1) is 4.92 Å². The van der Waals surface area contributed by atoms with E-state index < -0.39 is 4.92 Å². The molecule has 88 valence electrons. The van der Waals surface area contributed by atoms with Gasteiger partial charge in [0.2, 0.25) is 0 Å². The molecule has 6 heteroatoms. The minimum absolute atomic E-state index is 0.0605. The van der Waals surface area contributed by atoms with Gasteiger partial charge in [-0.05, 0) is 24.3 Å². The van der Waals surface area contributed by atoms with Crippen LogP contribution in [-0.2, 0) is 0 Å². The second-order valence-corrected chi connectivity index (χ2v) is 4.41. The molecule has 0 aliphatic carbocycles. The molecule has 0 saturated heterocycles. The second kappa shape index (κ2) is 5.29. The van der Waals surface area contributed by atoms with E-state index in [0.717, 1.165) is 5.03 Å². The van der Waals surface area contributed by atoms with Crippen LogP contribution in [0.4, 0.5) is 5.69 Å². The predicted molar refractivity (Wildman–Crippen MR) is 66.2 cm³/mol. The number of hydrogen-bond acceptors (Lipinski definition) is 5. The van der Waals surface area contributed by atoms with Gasteiger partial charge in [0.1, 0.15) is 16.7 Å². The van der Waals surface area contributed by atoms with E-state index in [9.17, 15) is 10.1 Å². The molecule has 2 rings (SSSR count). The fourth-order valence-electron chi connectivity index (χ4n) is 1.35. The van der Waals surface area contributed by atoms with Crippen molar-refractivity contribution >= 4 is 17.4 Å². The molecule has 5 nitrogen and oxygen atoms in total. The van der Waals surface area contributed by atoms with Crippen molar-refractivity contribution in [2.45, 2.75) is 9.92 Å². The summed E-state index contributed by atoms with van der Waals surface area (Å²) in [5.74, 6) is 0. The summed E-state index contributed by atoms with van der Waals surface area (Å²) in [5, 5.41) is 20.3. The van der Waals surface area contributed by atoms with Crippen molar-refractivity contribution < 1.29 is 4.92 Å². The third-order valence-corrected chi connectivity index (χ3v) is 3.09. The lowest BCUT2D eigenvalue weighted by Crippen LogP contribution is -1.92. The van der Waals surface area contributed by atoms with E-state index in [1.54, 1.807) is 24.4 Å². The summed E-state index contributed by atoms with van der Waals surface area (Å²) < 4.78 is 0. The number of nitro groups is 1. The fourth-order valence-corrected chi connectivity index (χ4v) is 2.16. The maximum atomic E-state index is 10.8. The Kier molecular flexibility index (Phi) is 3.55. The first-order valence-corrected chi connectivity index (χ1v) is 5.80. The summed E-state index contributed by atoms with van der Waals surface area (Å²) in [7, 11) is 0. The predicted octanol–water partition coefficient (Wildman–Crippen LogP) is 3.01. The molecule has 0 atom stereocenters. The van der Waals surface area contributed by atoms with Gasteiger partial charge in [-0.2, -0.15) is 5.26 Å². The molecular formula is C12H7N3O2S. The lowest BCUT2D eigenvalue weighted by Gasteiger charge is -2.01. The van der Waals surface area contributed by atoms with Crippen LogP contribution in [0.5, 0.6) is 0 Å². The normalized spacial score (nSPS) is 9.72. The standard InChI is InChI=1S/C12H7N3O2S/c13-8-9-4-5-10(7-11(9)15(16)17)18-12-3-1-2-6-14-12/h1-7H. The second-order valence-electron chi connectivity index (χ2n) is 3.32. The summed E-state index contributed by atoms with van der Waals surface area (Å²) in [6.45, 7) is 0. The molecule has 0 spiro atoms. The maximum absolute atomic E-state index is 10.8. The number of nitrogens with zero attached hydrogens (tertiary/aromatic N) is 3. The van der Waals surface area contributed by atoms with Crippen LogP contribution in [-0.4, -0.2) is 9.91 Å². The van der Waals surface area contributed by atoms with E-state index in [1.807, 2.05) is 12.1 Å². The highest BCUT2D eigenvalue weighted by molar-refractivity contribution is 7.99. The van der Waals surface area contributed by atoms with Crippen LogP contribution in [0.2, 0.25) is 0 Å². The van der Waals surface area contributed by atoms with Crippen molar-refractivity contribution in [3.05, 3.63) is 58.3 Å². The first-order valence-electron chi connectivity index (χ1n) is 4.98. The molecule has 0 bridgehead atoms. The highest BCUT2D eigenvalue weighted by Gasteiger charge is 2.14. The van der Waals surface area contributed by atoms with Crippen LogP contribution in [0.1, 0.15) is 5.56 Å². The van der Waals surface area contributed by atoms with E-state index in [0.29, 0.717) is 4.90 Å². The number of nitro benzene ring substituents is 1. The van der Waals surface area contributed by atoms with Gasteiger partial charge in [-0.25, -0.2) is 4.98 Å². The molecule has 0 unspecified atom stereocenters. The minimum Gasteiger partial charge on any atom is -0.258 e. The number of benzene rings is 1. The topological polar surface area (TPSA) is 79.8 Å². The average molecular weight is 257 g/mol. The van der Waals surface area contributed by atoms with Gasteiger partial charge < -0.3 is 0 Å². The Morgan fingerprint density at radius 2 is 2.17 bits per heavy atom. The molecule has 1 aromatic heterocycles. The Morgan fingerprint density at radius 3 is 2.78 bits per heavy atom. The van der Waals surface area contributed by atoms with Crippen molar-refractivity contribution in [3.8, 4) is 6.07 Å². The summed E-state index contributed by atoms with van der Waals surface area (Å²) in [6, 6.07) is 11.8. The number of nitriles is 1. The van der Waals surface area contributed by atoms with Gasteiger partial charge in [0.25, 0.3) is 5.69 Å². The number of aromatic nitrogens is 1. The van der Waals surface area contributed by atoms with Crippen molar-refractivity contribution in [2.75, 3.05) is 0 Å². The molecule has 0 radical (unpaired) electrons. The lowest BCUT2D eigenvalue weighted by molar-refractivity contribution is -0.385. The molecule has 1 aromatic carbocycles. The van der Waals surface area contributed by atoms with Crippen LogP contribution in [0.3, 0.4) is 0 Å². The molecule has 0 saturated carbocycles. The van der Waals surface area contributed by atoms with Gasteiger partial charge >= 0.3 is 0 Å². The SMILES string of the molecule is N#Cc1ccc(Sc2ccccn2)cc1[N+](=O)[O-]. The molecular weight excluding hydrogens is 250 g/mol. The zero-order valence-corrected chi connectivity index (χ0v) is 9.92. The smallest absolute Gasteiger partial charge is 0.258 e. The average Bonchev–Trinajstić information content (AvgIpc) is 2.40. The van der Waals surface area contributed by atoms with Crippen LogP contribution in [0.25, 0.3) is 0 Å². The Morgan fingerprint density at radius 1 is 1.33 bits per heavy atom. The van der Waals surface area contributed by atoms with Crippen LogP contribution in [0, 0.1) is 21.4 Å². The van der Waals surface area contributed by atoms with Crippen molar-refractivity contribution in [1.82, 2.24) is 4.98 Å². The first kappa shape index (κ1) is 12.1. The molecule has 0 amide bonds. The van der Waals surface area contributed by atoms with Crippen LogP contribution < -0.4 is 0 Å². The van der Waals surface area contributed by atoms with Gasteiger partial charge in [-0.3, -0.25) is 10.1 Å². The van der Waals surface area contributed by atoms with Crippen molar-refractivity contribution in [1.29, 1.82) is 5.26 Å². The van der Waals surface area contributed by atoms with E-state index in [-0.39, 0.29) is 11.3 Å². The largest absolute Gasteiger partial charge is 0.288 e. The van der Waals surface area contributed by atoms with E-state index >= 15 is 0 Å². The summed E-state index contributed by atoms with van der Waals surface area (Å²) in [4.78, 5) is 15.1. The Labute approximate surface area is 107 Å². The van der Waals surface area contributed by atoms with E-state index in [2.05, 4.69) is 4.98 Å². The minimum atomic E-state index is -0.555. The number of rotatable bonds is 3. The van der Waals surface area contributed by atoms with Gasteiger partial charge in [0, 0.05) is 17.2 Å². The molecule has 2 aromatic rings. The van der Waals surface area contributed by atoms with Gasteiger partial charge in [0.15, 0.2) is 0 Å². The zero-order valence-electron chi connectivity index (χ0n) is 9.11. The summed E-state index contributed by atoms with van der Waals surface area (Å²) in [5.41, 5.74) is -0.121. The van der Waals surface area contributed by atoms with Crippen LogP contribution >= 0.6 is 11.8 Å². The van der Waals surface area contributed by atoms with Crippen molar-refractivity contribution in [3.63, 3.8) is 0 Å². The maximum Gasteiger partial charge on any atom is 0.288 e. The van der Waals surface area contributed by atoms with E-state index in [4.69, 9.17) is 5.26 Å². The number of pyridine rings is 1. The third-order valence-electron chi connectivity index (χ3n) is 2.15. The molecule has 0 aliphatic heterocycles. The Hall–Kier alpha value is -2.39. The monoisotopic (exact) mass is 257 g/mol. The molecule has 0 N–H and O–H groups in total. The Balaban J connectivity index is 2.34. The Bertz CT molecular complexity index is 623. The van der Waals surface area contributed by atoms with Crippen LogP contribution in [0.15, 0.2) is 52.5 Å². The molecule has 0 aliphatic rings. The van der Waals surface area contributed by atoms with E-state index in [1.165, 1.54) is 23.9 Å².